The molecule has 0 radical (unpaired) electrons. The molecule has 0 saturated heterocycles. The summed E-state index contributed by atoms with van der Waals surface area (Å²) < 4.78 is 0. The van der Waals surface area contributed by atoms with Gasteiger partial charge in [-0.25, -0.2) is 0 Å². The second-order valence-electron chi connectivity index (χ2n) is 9.03. The molecule has 0 atom stereocenters. The van der Waals surface area contributed by atoms with Crippen LogP contribution in [0.1, 0.15) is 110 Å². The number of hydrogen-bond donors (Lipinski definition) is 0. The topological polar surface area (TPSA) is 20.3 Å². The molecule has 1 aromatic rings. The lowest BCUT2D eigenvalue weighted by Gasteiger charge is -2.22. The number of rotatable bonds is 22. The third-order valence-corrected chi connectivity index (χ3v) is 7.40. The van der Waals surface area contributed by atoms with E-state index in [2.05, 4.69) is 24.0 Å². The quantitative estimate of drug-likeness (QED) is 0.0869. The molecule has 2 nitrogen and oxygen atoms in total. The van der Waals surface area contributed by atoms with Gasteiger partial charge in [-0.05, 0) is 30.7 Å². The first-order chi connectivity index (χ1) is 16.2. The van der Waals surface area contributed by atoms with Crippen LogP contribution >= 0.6 is 35.0 Å². The van der Waals surface area contributed by atoms with E-state index >= 15 is 0 Å². The van der Waals surface area contributed by atoms with E-state index in [-0.39, 0.29) is 5.12 Å². The summed E-state index contributed by atoms with van der Waals surface area (Å²) >= 11 is 13.1. The molecule has 0 aliphatic heterocycles. The first-order valence-corrected chi connectivity index (χ1v) is 15.3. The molecule has 0 aliphatic rings. The highest BCUT2D eigenvalue weighted by Gasteiger charge is 2.08. The van der Waals surface area contributed by atoms with E-state index in [4.69, 9.17) is 23.2 Å². The summed E-state index contributed by atoms with van der Waals surface area (Å²) in [4.78, 5) is 15.5. The Kier molecular flexibility index (Phi) is 20.5. The molecule has 33 heavy (non-hydrogen) atoms. The lowest BCUT2D eigenvalue weighted by molar-refractivity contribution is -0.111. The largest absolute Gasteiger partial charge is 0.369 e. The van der Waals surface area contributed by atoms with Crippen molar-refractivity contribution in [2.75, 3.05) is 29.7 Å². The van der Waals surface area contributed by atoms with Crippen LogP contribution in [0, 0.1) is 0 Å². The third-order valence-electron chi connectivity index (χ3n) is 6.13. The number of hydrogen-bond acceptors (Lipinski definition) is 3. The average Bonchev–Trinajstić information content (AvgIpc) is 2.82. The molecule has 0 aliphatic carbocycles. The Hall–Kier alpha value is -0.380. The van der Waals surface area contributed by atoms with Crippen molar-refractivity contribution in [2.45, 2.75) is 115 Å². The number of nitrogens with zero attached hydrogens (tertiary/aromatic N) is 1. The molecule has 1 aromatic carbocycles. The minimum Gasteiger partial charge on any atom is -0.369 e. The molecular formula is C28H47Cl2NOS. The van der Waals surface area contributed by atoms with Crippen LogP contribution in [-0.4, -0.2) is 30.0 Å². The number of anilines is 1. The highest BCUT2D eigenvalue weighted by atomic mass is 35.5. The number of unbranched alkanes of at least 4 members (excludes halogenated alkanes) is 14. The fourth-order valence-electron chi connectivity index (χ4n) is 4.12. The van der Waals surface area contributed by atoms with Crippen LogP contribution in [0.5, 0.6) is 0 Å². The predicted octanol–water partition coefficient (Wildman–Crippen LogP) is 9.85. The molecule has 1 rings (SSSR count). The van der Waals surface area contributed by atoms with E-state index in [0.29, 0.717) is 18.2 Å². The van der Waals surface area contributed by atoms with Crippen molar-refractivity contribution in [3.63, 3.8) is 0 Å². The molecule has 0 bridgehead atoms. The molecule has 0 heterocycles. The number of carbonyl (C=O) groups is 1. The smallest absolute Gasteiger partial charge is 0.193 e. The SMILES string of the molecule is CCCCCCCCCCCCCCCCCC(=O)Sc1ccc(N(CCCl)CCCl)cc1. The summed E-state index contributed by atoms with van der Waals surface area (Å²) in [5.74, 6) is 1.15. The van der Waals surface area contributed by atoms with Gasteiger partial charge in [0.15, 0.2) is 5.12 Å². The molecule has 0 saturated carbocycles. The average molecular weight is 517 g/mol. The van der Waals surface area contributed by atoms with E-state index in [1.807, 2.05) is 12.1 Å². The van der Waals surface area contributed by atoms with Gasteiger partial charge in [0.05, 0.1) is 0 Å². The molecular weight excluding hydrogens is 469 g/mol. The van der Waals surface area contributed by atoms with E-state index < -0.39 is 0 Å². The molecule has 190 valence electrons. The van der Waals surface area contributed by atoms with Crippen molar-refractivity contribution in [1.29, 1.82) is 0 Å². The van der Waals surface area contributed by atoms with Gasteiger partial charge in [0.1, 0.15) is 0 Å². The van der Waals surface area contributed by atoms with Crippen molar-refractivity contribution < 1.29 is 4.79 Å². The summed E-state index contributed by atoms with van der Waals surface area (Å²) in [5, 5.41) is 0.274. The maximum absolute atomic E-state index is 12.3. The first kappa shape index (κ1) is 30.7. The minimum atomic E-state index is 0.274. The Balaban J connectivity index is 1.99. The summed E-state index contributed by atoms with van der Waals surface area (Å²) in [5.41, 5.74) is 1.11. The van der Waals surface area contributed by atoms with Crippen LogP contribution in [0.25, 0.3) is 0 Å². The Morgan fingerprint density at radius 2 is 1.12 bits per heavy atom. The maximum Gasteiger partial charge on any atom is 0.193 e. The second-order valence-corrected chi connectivity index (χ2v) is 10.9. The van der Waals surface area contributed by atoms with Gasteiger partial charge in [-0.2, -0.15) is 0 Å². The fourth-order valence-corrected chi connectivity index (χ4v) is 5.31. The maximum atomic E-state index is 12.3. The van der Waals surface area contributed by atoms with Gasteiger partial charge in [-0.3, -0.25) is 4.79 Å². The van der Waals surface area contributed by atoms with Crippen molar-refractivity contribution in [2.24, 2.45) is 0 Å². The van der Waals surface area contributed by atoms with Crippen LogP contribution in [-0.2, 0) is 4.79 Å². The summed E-state index contributed by atoms with van der Waals surface area (Å²) in [7, 11) is 0. The number of thioether (sulfide) groups is 1. The van der Waals surface area contributed by atoms with Crippen LogP contribution < -0.4 is 4.90 Å². The standard InChI is InChI=1S/C28H47Cl2NOS/c1-2-3-4-5-6-7-8-9-10-11-12-13-14-15-16-17-28(32)33-27-20-18-26(19-21-27)31(24-22-29)25-23-30/h18-21H,2-17,22-25H2,1H3. The zero-order chi connectivity index (χ0) is 24.0. The zero-order valence-electron chi connectivity index (χ0n) is 21.0. The summed E-state index contributed by atoms with van der Waals surface area (Å²) in [6.45, 7) is 3.83. The molecule has 5 heteroatoms. The van der Waals surface area contributed by atoms with Crippen LogP contribution in [0.4, 0.5) is 5.69 Å². The molecule has 0 spiro atoms. The van der Waals surface area contributed by atoms with Crippen molar-refractivity contribution >= 4 is 45.8 Å². The van der Waals surface area contributed by atoms with Crippen LogP contribution in [0.3, 0.4) is 0 Å². The third kappa shape index (κ3) is 16.8. The van der Waals surface area contributed by atoms with Crippen molar-refractivity contribution in [3.05, 3.63) is 24.3 Å². The zero-order valence-corrected chi connectivity index (χ0v) is 23.3. The molecule has 0 aromatic heterocycles. The molecule has 0 N–H and O–H groups in total. The highest BCUT2D eigenvalue weighted by Crippen LogP contribution is 2.25. The Labute approximate surface area is 218 Å². The van der Waals surface area contributed by atoms with E-state index in [9.17, 15) is 4.79 Å². The number of halogens is 2. The lowest BCUT2D eigenvalue weighted by atomic mass is 10.0. The first-order valence-electron chi connectivity index (χ1n) is 13.4. The van der Waals surface area contributed by atoms with Crippen LogP contribution in [0.15, 0.2) is 29.2 Å². The van der Waals surface area contributed by atoms with Gasteiger partial charge in [-0.15, -0.1) is 23.2 Å². The minimum absolute atomic E-state index is 0.274. The molecule has 0 unspecified atom stereocenters. The predicted molar refractivity (Wildman–Crippen MR) is 151 cm³/mol. The summed E-state index contributed by atoms with van der Waals surface area (Å²) in [6.07, 6.45) is 20.9. The van der Waals surface area contributed by atoms with E-state index in [0.717, 1.165) is 30.1 Å². The Morgan fingerprint density at radius 1 is 0.697 bits per heavy atom. The molecule has 0 fully saturated rings. The normalized spacial score (nSPS) is 11.1. The number of carbonyl (C=O) groups excluding carboxylic acids is 1. The molecule has 0 amide bonds. The lowest BCUT2D eigenvalue weighted by Crippen LogP contribution is -2.27. The summed E-state index contributed by atoms with van der Waals surface area (Å²) in [6, 6.07) is 8.17. The van der Waals surface area contributed by atoms with Crippen molar-refractivity contribution in [1.82, 2.24) is 0 Å². The Bertz CT molecular complexity index is 576. The van der Waals surface area contributed by atoms with E-state index in [1.54, 1.807) is 0 Å². The Morgan fingerprint density at radius 3 is 1.55 bits per heavy atom. The van der Waals surface area contributed by atoms with E-state index in [1.165, 1.54) is 102 Å². The van der Waals surface area contributed by atoms with Gasteiger partial charge in [0.25, 0.3) is 0 Å². The van der Waals surface area contributed by atoms with Gasteiger partial charge >= 0.3 is 0 Å². The van der Waals surface area contributed by atoms with Crippen molar-refractivity contribution in [3.8, 4) is 0 Å². The number of benzene rings is 1. The fraction of sp³-hybridized carbons (Fsp3) is 0.750. The second kappa shape index (κ2) is 22.1. The van der Waals surface area contributed by atoms with Gasteiger partial charge < -0.3 is 4.90 Å². The number of alkyl halides is 2. The van der Waals surface area contributed by atoms with Crippen LogP contribution in [0.2, 0.25) is 0 Å². The monoisotopic (exact) mass is 515 g/mol. The highest BCUT2D eigenvalue weighted by molar-refractivity contribution is 8.13. The van der Waals surface area contributed by atoms with Gasteiger partial charge in [0.2, 0.25) is 0 Å². The van der Waals surface area contributed by atoms with Gasteiger partial charge in [-0.1, -0.05) is 109 Å². The van der Waals surface area contributed by atoms with Gasteiger partial charge in [0, 0.05) is 41.9 Å².